The summed E-state index contributed by atoms with van der Waals surface area (Å²) in [6, 6.07) is 11.2. The Hall–Kier alpha value is -2.58. The highest BCUT2D eigenvalue weighted by molar-refractivity contribution is 7.92. The lowest BCUT2D eigenvalue weighted by Gasteiger charge is -2.36. The van der Waals surface area contributed by atoms with Gasteiger partial charge in [-0.3, -0.25) is 9.62 Å². The summed E-state index contributed by atoms with van der Waals surface area (Å²) in [4.78, 5) is 16.4. The minimum Gasteiger partial charge on any atom is -0.478 e. The molecule has 2 aromatic carbocycles. The Morgan fingerprint density at radius 1 is 1.07 bits per heavy atom. The molecule has 1 aliphatic rings. The van der Waals surface area contributed by atoms with E-state index in [-0.39, 0.29) is 16.1 Å². The van der Waals surface area contributed by atoms with Crippen molar-refractivity contribution in [3.8, 4) is 0 Å². The van der Waals surface area contributed by atoms with Crippen LogP contribution >= 0.6 is 0 Å². The smallest absolute Gasteiger partial charge is 0.337 e. The van der Waals surface area contributed by atoms with Gasteiger partial charge < -0.3 is 10.0 Å². The molecule has 2 N–H and O–H groups in total. The normalized spacial score (nSPS) is 15.3. The molecule has 3 rings (SSSR count). The molecule has 1 fully saturated rings. The van der Waals surface area contributed by atoms with Crippen molar-refractivity contribution in [1.29, 1.82) is 0 Å². The lowest BCUT2D eigenvalue weighted by Crippen LogP contribution is -2.47. The number of sulfonamides is 1. The minimum absolute atomic E-state index is 0.0954. The van der Waals surface area contributed by atoms with Crippen LogP contribution in [0.25, 0.3) is 0 Å². The first-order chi connectivity index (χ1) is 13.8. The lowest BCUT2D eigenvalue weighted by molar-refractivity contribution is 0.0697. The number of aryl methyl sites for hydroxylation is 1. The van der Waals surface area contributed by atoms with Gasteiger partial charge >= 0.3 is 5.97 Å². The summed E-state index contributed by atoms with van der Waals surface area (Å²) in [5, 5.41) is 9.69. The van der Waals surface area contributed by atoms with Crippen LogP contribution in [0.3, 0.4) is 0 Å². The molecular formula is C21H27N3O4S. The van der Waals surface area contributed by atoms with Crippen molar-refractivity contribution in [3.63, 3.8) is 0 Å². The number of carbonyl (C=O) groups is 1. The van der Waals surface area contributed by atoms with Crippen LogP contribution in [0.15, 0.2) is 47.4 Å². The molecule has 0 amide bonds. The second-order valence-electron chi connectivity index (χ2n) is 7.28. The van der Waals surface area contributed by atoms with E-state index in [2.05, 4.69) is 16.5 Å². The van der Waals surface area contributed by atoms with E-state index >= 15 is 0 Å². The Morgan fingerprint density at radius 3 is 2.31 bits per heavy atom. The van der Waals surface area contributed by atoms with E-state index in [4.69, 9.17) is 0 Å². The number of anilines is 2. The lowest BCUT2D eigenvalue weighted by atomic mass is 10.1. The van der Waals surface area contributed by atoms with Crippen LogP contribution in [-0.2, 0) is 10.0 Å². The van der Waals surface area contributed by atoms with E-state index in [1.54, 1.807) is 24.3 Å². The highest BCUT2D eigenvalue weighted by atomic mass is 32.2. The zero-order valence-corrected chi connectivity index (χ0v) is 17.6. The molecule has 0 unspecified atom stereocenters. The number of carboxylic acid groups (broad SMARTS) is 1. The van der Waals surface area contributed by atoms with Crippen LogP contribution in [0.5, 0.6) is 0 Å². The monoisotopic (exact) mass is 417 g/mol. The van der Waals surface area contributed by atoms with E-state index in [9.17, 15) is 18.3 Å². The Kier molecular flexibility index (Phi) is 6.44. The van der Waals surface area contributed by atoms with Crippen LogP contribution in [0.2, 0.25) is 0 Å². The minimum atomic E-state index is -3.79. The van der Waals surface area contributed by atoms with Crippen molar-refractivity contribution in [2.75, 3.05) is 42.3 Å². The fourth-order valence-corrected chi connectivity index (χ4v) is 4.56. The molecular weight excluding hydrogens is 390 g/mol. The maximum atomic E-state index is 12.6. The molecule has 0 aliphatic carbocycles. The number of benzene rings is 2. The van der Waals surface area contributed by atoms with Crippen molar-refractivity contribution in [1.82, 2.24) is 4.90 Å². The highest BCUT2D eigenvalue weighted by Gasteiger charge is 2.22. The van der Waals surface area contributed by atoms with Gasteiger partial charge in [0, 0.05) is 31.9 Å². The second kappa shape index (κ2) is 8.84. The Labute approximate surface area is 172 Å². The SMILES string of the molecule is CCCN1CCN(c2ccc(NS(=O)(=O)c3ccc(C)cc3)cc2C(=O)O)CC1. The topological polar surface area (TPSA) is 90.0 Å². The van der Waals surface area contributed by atoms with Crippen LogP contribution in [0.1, 0.15) is 29.3 Å². The van der Waals surface area contributed by atoms with Crippen molar-refractivity contribution < 1.29 is 18.3 Å². The van der Waals surface area contributed by atoms with Gasteiger partial charge in [0.2, 0.25) is 0 Å². The Bertz CT molecular complexity index is 966. The summed E-state index contributed by atoms with van der Waals surface area (Å²) in [6.45, 7) is 8.32. The van der Waals surface area contributed by atoms with Crippen LogP contribution in [0.4, 0.5) is 11.4 Å². The fraction of sp³-hybridized carbons (Fsp3) is 0.381. The van der Waals surface area contributed by atoms with E-state index in [1.807, 2.05) is 11.8 Å². The molecule has 1 aliphatic heterocycles. The summed E-state index contributed by atoms with van der Waals surface area (Å²) in [5.41, 5.74) is 1.90. The Balaban J connectivity index is 1.81. The number of aromatic carboxylic acids is 1. The summed E-state index contributed by atoms with van der Waals surface area (Å²) >= 11 is 0. The molecule has 1 heterocycles. The van der Waals surface area contributed by atoms with Gasteiger partial charge in [-0.15, -0.1) is 0 Å². The number of piperazine rings is 1. The number of nitrogens with one attached hydrogen (secondary N) is 1. The maximum absolute atomic E-state index is 12.6. The highest BCUT2D eigenvalue weighted by Crippen LogP contribution is 2.27. The first-order valence-electron chi connectivity index (χ1n) is 9.74. The first kappa shape index (κ1) is 21.1. The maximum Gasteiger partial charge on any atom is 0.337 e. The molecule has 0 saturated carbocycles. The zero-order chi connectivity index (χ0) is 21.0. The number of carboxylic acids is 1. The second-order valence-corrected chi connectivity index (χ2v) is 8.97. The van der Waals surface area contributed by atoms with Crippen molar-refractivity contribution in [3.05, 3.63) is 53.6 Å². The van der Waals surface area contributed by atoms with Crippen molar-refractivity contribution >= 4 is 27.4 Å². The van der Waals surface area contributed by atoms with Crippen LogP contribution < -0.4 is 9.62 Å². The summed E-state index contributed by atoms with van der Waals surface area (Å²) < 4.78 is 27.7. The third kappa shape index (κ3) is 5.07. The standard InChI is InChI=1S/C21H27N3O4S/c1-3-10-23-11-13-24(14-12-23)20-9-6-17(15-19(20)21(25)26)22-29(27,28)18-7-4-16(2)5-8-18/h4-9,15,22H,3,10-14H2,1-2H3,(H,25,26). The predicted octanol–water partition coefficient (Wildman–Crippen LogP) is 3.03. The van der Waals surface area contributed by atoms with E-state index in [1.165, 1.54) is 18.2 Å². The third-order valence-corrected chi connectivity index (χ3v) is 6.46. The largest absolute Gasteiger partial charge is 0.478 e. The van der Waals surface area contributed by atoms with Crippen LogP contribution in [0, 0.1) is 6.92 Å². The molecule has 156 valence electrons. The summed E-state index contributed by atoms with van der Waals surface area (Å²) in [5.74, 6) is -1.08. The molecule has 2 aromatic rings. The first-order valence-corrected chi connectivity index (χ1v) is 11.2. The Morgan fingerprint density at radius 2 is 1.72 bits per heavy atom. The number of nitrogens with zero attached hydrogens (tertiary/aromatic N) is 2. The van der Waals surface area contributed by atoms with Gasteiger partial charge in [-0.1, -0.05) is 24.6 Å². The average Bonchev–Trinajstić information content (AvgIpc) is 2.69. The van der Waals surface area contributed by atoms with Gasteiger partial charge in [-0.2, -0.15) is 0 Å². The molecule has 29 heavy (non-hydrogen) atoms. The van der Waals surface area contributed by atoms with Crippen molar-refractivity contribution in [2.24, 2.45) is 0 Å². The van der Waals surface area contributed by atoms with Crippen LogP contribution in [-0.4, -0.2) is 57.1 Å². The van der Waals surface area contributed by atoms with Gasteiger partial charge in [0.1, 0.15) is 0 Å². The average molecular weight is 418 g/mol. The van der Waals surface area contributed by atoms with Gasteiger partial charge in [-0.25, -0.2) is 13.2 Å². The molecule has 0 aromatic heterocycles. The molecule has 0 radical (unpaired) electrons. The van der Waals surface area contributed by atoms with Crippen molar-refractivity contribution in [2.45, 2.75) is 25.2 Å². The predicted molar refractivity (Wildman–Crippen MR) is 114 cm³/mol. The summed E-state index contributed by atoms with van der Waals surface area (Å²) in [7, 11) is -3.79. The molecule has 0 bridgehead atoms. The third-order valence-electron chi connectivity index (χ3n) is 5.06. The van der Waals surface area contributed by atoms with Gasteiger partial charge in [-0.05, 0) is 50.2 Å². The zero-order valence-electron chi connectivity index (χ0n) is 16.8. The summed E-state index contributed by atoms with van der Waals surface area (Å²) in [6.07, 6.45) is 1.09. The molecule has 0 atom stereocenters. The molecule has 0 spiro atoms. The fourth-order valence-electron chi connectivity index (χ4n) is 3.51. The number of hydrogen-bond acceptors (Lipinski definition) is 5. The molecule has 8 heteroatoms. The van der Waals surface area contributed by atoms with E-state index in [0.29, 0.717) is 5.69 Å². The van der Waals surface area contributed by atoms with E-state index in [0.717, 1.165) is 44.7 Å². The number of hydrogen-bond donors (Lipinski definition) is 2. The number of rotatable bonds is 7. The molecule has 7 nitrogen and oxygen atoms in total. The molecule has 1 saturated heterocycles. The van der Waals surface area contributed by atoms with Gasteiger partial charge in [0.15, 0.2) is 0 Å². The quantitative estimate of drug-likeness (QED) is 0.720. The van der Waals surface area contributed by atoms with Gasteiger partial charge in [0.05, 0.1) is 16.1 Å². The van der Waals surface area contributed by atoms with Gasteiger partial charge in [0.25, 0.3) is 10.0 Å². The van der Waals surface area contributed by atoms with E-state index < -0.39 is 16.0 Å².